The van der Waals surface area contributed by atoms with Gasteiger partial charge in [0.15, 0.2) is 0 Å². The number of hydrogen-bond acceptors (Lipinski definition) is 8. The summed E-state index contributed by atoms with van der Waals surface area (Å²) in [5, 5.41) is 10.6. The van der Waals surface area contributed by atoms with Crippen molar-refractivity contribution in [2.75, 3.05) is 4.72 Å². The third-order valence-corrected chi connectivity index (χ3v) is 6.53. The number of nitrogens with zero attached hydrogens (tertiary/aromatic N) is 5. The number of rotatable bonds is 8. The highest BCUT2D eigenvalue weighted by Gasteiger charge is 2.24. The zero-order valence-electron chi connectivity index (χ0n) is 15.2. The summed E-state index contributed by atoms with van der Waals surface area (Å²) in [5.74, 6) is -0.846. The highest BCUT2D eigenvalue weighted by Crippen LogP contribution is 2.28. The Bertz CT molecular complexity index is 1040. The molecule has 0 radical (unpaired) electrons. The van der Waals surface area contributed by atoms with Crippen LogP contribution in [0.4, 0.5) is 14.5 Å². The molecule has 0 aliphatic heterocycles. The summed E-state index contributed by atoms with van der Waals surface area (Å²) in [5.41, 5.74) is 0.380. The molecule has 0 aliphatic rings. The molecule has 0 fully saturated rings. The third-order valence-electron chi connectivity index (χ3n) is 3.77. The molecule has 3 aromatic heterocycles. The number of sulfonamides is 1. The molecule has 0 saturated heterocycles. The Hall–Kier alpha value is -2.41. The lowest BCUT2D eigenvalue weighted by molar-refractivity contribution is 0.116. The predicted octanol–water partition coefficient (Wildman–Crippen LogP) is 3.28. The second-order valence-electron chi connectivity index (χ2n) is 6.33. The normalized spacial score (nSPS) is 13.4. The SMILES string of the molecule is CC(C)n1cc(NS(=O)(=O)C(C)Cc2ncc(-c3nnc(C(F)F)o3)s2)cn1. The number of alkyl halides is 2. The number of thiazole rings is 1. The van der Waals surface area contributed by atoms with Crippen LogP contribution >= 0.6 is 11.3 Å². The van der Waals surface area contributed by atoms with Gasteiger partial charge < -0.3 is 4.42 Å². The highest BCUT2D eigenvalue weighted by molar-refractivity contribution is 7.93. The van der Waals surface area contributed by atoms with Crippen LogP contribution in [0.25, 0.3) is 10.8 Å². The van der Waals surface area contributed by atoms with Crippen LogP contribution in [-0.2, 0) is 16.4 Å². The van der Waals surface area contributed by atoms with Gasteiger partial charge in [0.05, 0.1) is 28.3 Å². The topological polar surface area (TPSA) is 116 Å². The largest absolute Gasteiger partial charge is 0.414 e. The third kappa shape index (κ3) is 4.52. The Morgan fingerprint density at radius 1 is 1.25 bits per heavy atom. The molecule has 28 heavy (non-hydrogen) atoms. The van der Waals surface area contributed by atoms with E-state index in [-0.39, 0.29) is 18.4 Å². The van der Waals surface area contributed by atoms with Crippen LogP contribution in [0, 0.1) is 0 Å². The first-order valence-electron chi connectivity index (χ1n) is 8.28. The number of halogens is 2. The molecular weight excluding hydrogens is 414 g/mol. The molecule has 1 unspecified atom stereocenters. The van der Waals surface area contributed by atoms with Crippen LogP contribution in [-0.4, -0.2) is 38.6 Å². The molecule has 13 heteroatoms. The van der Waals surface area contributed by atoms with Gasteiger partial charge in [-0.2, -0.15) is 13.9 Å². The fourth-order valence-corrected chi connectivity index (χ4v) is 4.31. The maximum Gasteiger partial charge on any atom is 0.314 e. The van der Waals surface area contributed by atoms with Crippen molar-refractivity contribution in [2.24, 2.45) is 0 Å². The van der Waals surface area contributed by atoms with E-state index >= 15 is 0 Å². The van der Waals surface area contributed by atoms with Crippen molar-refractivity contribution in [3.63, 3.8) is 0 Å². The zero-order chi connectivity index (χ0) is 20.5. The van der Waals surface area contributed by atoms with Crippen molar-refractivity contribution in [2.45, 2.75) is 44.9 Å². The smallest absolute Gasteiger partial charge is 0.314 e. The first-order valence-corrected chi connectivity index (χ1v) is 10.6. The van der Waals surface area contributed by atoms with Gasteiger partial charge in [-0.15, -0.1) is 21.5 Å². The lowest BCUT2D eigenvalue weighted by atomic mass is 10.3. The molecule has 0 spiro atoms. The summed E-state index contributed by atoms with van der Waals surface area (Å²) in [6.07, 6.45) is 1.73. The van der Waals surface area contributed by atoms with Gasteiger partial charge in [0.1, 0.15) is 4.88 Å². The molecule has 3 aromatic rings. The van der Waals surface area contributed by atoms with Crippen LogP contribution in [0.2, 0.25) is 0 Å². The van der Waals surface area contributed by atoms with E-state index in [1.807, 2.05) is 13.8 Å². The van der Waals surface area contributed by atoms with E-state index in [2.05, 4.69) is 25.0 Å². The molecule has 0 bridgehead atoms. The minimum Gasteiger partial charge on any atom is -0.414 e. The van der Waals surface area contributed by atoms with E-state index < -0.39 is 27.6 Å². The van der Waals surface area contributed by atoms with Gasteiger partial charge in [-0.1, -0.05) is 0 Å². The molecule has 1 atom stereocenters. The lowest BCUT2D eigenvalue weighted by Crippen LogP contribution is -2.27. The van der Waals surface area contributed by atoms with Gasteiger partial charge in [-0.05, 0) is 20.8 Å². The zero-order valence-corrected chi connectivity index (χ0v) is 16.8. The highest BCUT2D eigenvalue weighted by atomic mass is 32.2. The molecule has 0 aliphatic carbocycles. The van der Waals surface area contributed by atoms with Crippen LogP contribution < -0.4 is 4.72 Å². The number of hydrogen-bond donors (Lipinski definition) is 1. The quantitative estimate of drug-likeness (QED) is 0.581. The second kappa shape index (κ2) is 7.91. The van der Waals surface area contributed by atoms with Crippen LogP contribution in [0.15, 0.2) is 23.0 Å². The van der Waals surface area contributed by atoms with Crippen molar-refractivity contribution in [3.8, 4) is 10.8 Å². The van der Waals surface area contributed by atoms with E-state index in [0.717, 1.165) is 11.3 Å². The lowest BCUT2D eigenvalue weighted by Gasteiger charge is -2.12. The summed E-state index contributed by atoms with van der Waals surface area (Å²) in [7, 11) is -3.67. The molecule has 0 saturated carbocycles. The van der Waals surface area contributed by atoms with Gasteiger partial charge in [-0.25, -0.2) is 13.4 Å². The van der Waals surface area contributed by atoms with E-state index in [1.54, 1.807) is 17.8 Å². The minimum absolute atomic E-state index is 0.0752. The van der Waals surface area contributed by atoms with Crippen LogP contribution in [0.1, 0.15) is 44.1 Å². The summed E-state index contributed by atoms with van der Waals surface area (Å²) >= 11 is 1.11. The van der Waals surface area contributed by atoms with Crippen molar-refractivity contribution < 1.29 is 21.6 Å². The molecular formula is C15H18F2N6O3S2. The van der Waals surface area contributed by atoms with Gasteiger partial charge in [0.25, 0.3) is 11.8 Å². The van der Waals surface area contributed by atoms with E-state index in [1.165, 1.54) is 12.4 Å². The van der Waals surface area contributed by atoms with Gasteiger partial charge in [0, 0.05) is 18.7 Å². The molecule has 152 valence electrons. The van der Waals surface area contributed by atoms with Crippen molar-refractivity contribution in [1.29, 1.82) is 0 Å². The first kappa shape index (κ1) is 20.3. The standard InChI is InChI=1S/C15H18F2N6O3S2/c1-8(2)23-7-10(5-19-23)22-28(24,25)9(3)4-12-18-6-11(27-12)14-20-21-15(26-14)13(16)17/h5-9,13,22H,4H2,1-3H3. The first-order chi connectivity index (χ1) is 13.2. The van der Waals surface area contributed by atoms with Crippen LogP contribution in [0.3, 0.4) is 0 Å². The van der Waals surface area contributed by atoms with Crippen molar-refractivity contribution >= 4 is 27.0 Å². The molecule has 9 nitrogen and oxygen atoms in total. The molecule has 1 N–H and O–H groups in total. The molecule has 0 aromatic carbocycles. The van der Waals surface area contributed by atoms with Crippen molar-refractivity contribution in [3.05, 3.63) is 29.5 Å². The second-order valence-corrected chi connectivity index (χ2v) is 9.54. The molecule has 0 amide bonds. The molecule has 3 heterocycles. The number of nitrogens with one attached hydrogen (secondary N) is 1. The Kier molecular flexibility index (Phi) is 5.74. The Morgan fingerprint density at radius 3 is 2.61 bits per heavy atom. The van der Waals surface area contributed by atoms with Crippen molar-refractivity contribution in [1.82, 2.24) is 25.0 Å². The fraction of sp³-hybridized carbons (Fsp3) is 0.467. The summed E-state index contributed by atoms with van der Waals surface area (Å²) in [4.78, 5) is 4.52. The van der Waals surface area contributed by atoms with E-state index in [9.17, 15) is 17.2 Å². The Balaban J connectivity index is 1.67. The summed E-state index contributed by atoms with van der Waals surface area (Å²) in [6.45, 7) is 5.42. The minimum atomic E-state index is -3.67. The average molecular weight is 432 g/mol. The maximum absolute atomic E-state index is 12.5. The summed E-state index contributed by atoms with van der Waals surface area (Å²) in [6, 6.07) is 0.111. The summed E-state index contributed by atoms with van der Waals surface area (Å²) < 4.78 is 59.2. The number of anilines is 1. The average Bonchev–Trinajstić information content (AvgIpc) is 3.34. The van der Waals surface area contributed by atoms with E-state index in [4.69, 9.17) is 4.42 Å². The maximum atomic E-state index is 12.5. The number of aromatic nitrogens is 5. The van der Waals surface area contributed by atoms with Gasteiger partial charge >= 0.3 is 6.43 Å². The fourth-order valence-electron chi connectivity index (χ4n) is 2.22. The van der Waals surface area contributed by atoms with Crippen LogP contribution in [0.5, 0.6) is 0 Å². The molecule has 3 rings (SSSR count). The Labute approximate surface area is 163 Å². The Morgan fingerprint density at radius 2 is 2.00 bits per heavy atom. The van der Waals surface area contributed by atoms with E-state index in [0.29, 0.717) is 15.6 Å². The monoisotopic (exact) mass is 432 g/mol. The predicted molar refractivity (Wildman–Crippen MR) is 98.7 cm³/mol. The van der Waals surface area contributed by atoms with Gasteiger partial charge in [-0.3, -0.25) is 9.40 Å². The van der Waals surface area contributed by atoms with Gasteiger partial charge in [0.2, 0.25) is 10.0 Å².